The van der Waals surface area contributed by atoms with Crippen molar-refractivity contribution in [2.45, 2.75) is 63.4 Å². The van der Waals surface area contributed by atoms with Crippen LogP contribution < -0.4 is 10.6 Å². The van der Waals surface area contributed by atoms with Crippen LogP contribution in [0, 0.1) is 0 Å². The maximum atomic E-state index is 13.1. The number of hydrogen-bond donors (Lipinski definition) is 2. The third-order valence-electron chi connectivity index (χ3n) is 6.39. The second kappa shape index (κ2) is 11.5. The summed E-state index contributed by atoms with van der Waals surface area (Å²) in [5.74, 6) is -0.131. The summed E-state index contributed by atoms with van der Waals surface area (Å²) >= 11 is 0. The smallest absolute Gasteiger partial charge is 0.408 e. The highest BCUT2D eigenvalue weighted by molar-refractivity contribution is 5.87. The molecule has 0 radical (unpaired) electrons. The maximum Gasteiger partial charge on any atom is 0.408 e. The first-order valence-corrected chi connectivity index (χ1v) is 11.8. The molecule has 2 aromatic carbocycles. The van der Waals surface area contributed by atoms with E-state index in [-0.39, 0.29) is 31.2 Å². The van der Waals surface area contributed by atoms with Gasteiger partial charge in [-0.3, -0.25) is 4.79 Å². The molecule has 1 saturated carbocycles. The van der Waals surface area contributed by atoms with E-state index in [4.69, 9.17) is 9.47 Å². The lowest BCUT2D eigenvalue weighted by Gasteiger charge is -2.38. The maximum absolute atomic E-state index is 13.1. The van der Waals surface area contributed by atoms with E-state index >= 15 is 0 Å². The minimum absolute atomic E-state index is 0.113. The number of carbonyl (C=O) groups excluding carboxylic acids is 3. The Kier molecular flexibility index (Phi) is 8.01. The van der Waals surface area contributed by atoms with Crippen molar-refractivity contribution < 1.29 is 23.9 Å². The quantitative estimate of drug-likeness (QED) is 0.649. The molecule has 1 heterocycles. The average molecular weight is 466 g/mol. The Hall–Kier alpha value is -3.55. The van der Waals surface area contributed by atoms with Gasteiger partial charge in [-0.2, -0.15) is 0 Å². The van der Waals surface area contributed by atoms with Crippen LogP contribution in [0.25, 0.3) is 0 Å². The average Bonchev–Trinajstić information content (AvgIpc) is 3.22. The first kappa shape index (κ1) is 23.6. The summed E-state index contributed by atoms with van der Waals surface area (Å²) in [4.78, 5) is 39.5. The van der Waals surface area contributed by atoms with Gasteiger partial charge in [0, 0.05) is 6.54 Å². The molecule has 4 rings (SSSR count). The molecule has 1 aliphatic carbocycles. The summed E-state index contributed by atoms with van der Waals surface area (Å²) in [6.07, 6.45) is 2.99. The number of alkyl carbamates (subject to hydrolysis) is 2. The van der Waals surface area contributed by atoms with Gasteiger partial charge in [-0.05, 0) is 30.4 Å². The van der Waals surface area contributed by atoms with Crippen molar-refractivity contribution in [3.05, 3.63) is 71.8 Å². The van der Waals surface area contributed by atoms with Crippen LogP contribution in [0.5, 0.6) is 0 Å². The summed E-state index contributed by atoms with van der Waals surface area (Å²) < 4.78 is 10.6. The van der Waals surface area contributed by atoms with E-state index in [1.54, 1.807) is 4.90 Å². The summed E-state index contributed by atoms with van der Waals surface area (Å²) in [6.45, 7) is 0.880. The molecule has 8 nitrogen and oxygen atoms in total. The Balaban J connectivity index is 1.27. The van der Waals surface area contributed by atoms with Gasteiger partial charge >= 0.3 is 12.2 Å². The zero-order valence-corrected chi connectivity index (χ0v) is 19.2. The number of carbonyl (C=O) groups is 3. The molecule has 2 aromatic rings. The zero-order valence-electron chi connectivity index (χ0n) is 19.2. The lowest BCUT2D eigenvalue weighted by molar-refractivity contribution is -0.132. The molecular weight excluding hydrogens is 434 g/mol. The lowest BCUT2D eigenvalue weighted by atomic mass is 9.89. The fourth-order valence-corrected chi connectivity index (χ4v) is 4.64. The number of rotatable bonds is 7. The number of hydrogen-bond acceptors (Lipinski definition) is 5. The number of amides is 3. The Morgan fingerprint density at radius 2 is 1.35 bits per heavy atom. The second-order valence-corrected chi connectivity index (χ2v) is 8.74. The minimum atomic E-state index is -0.615. The van der Waals surface area contributed by atoms with Crippen molar-refractivity contribution in [1.29, 1.82) is 0 Å². The number of benzene rings is 2. The van der Waals surface area contributed by atoms with Crippen molar-refractivity contribution in [3.8, 4) is 0 Å². The van der Waals surface area contributed by atoms with Gasteiger partial charge in [-0.25, -0.2) is 9.59 Å². The van der Waals surface area contributed by atoms with E-state index < -0.39 is 18.2 Å². The van der Waals surface area contributed by atoms with Crippen LogP contribution in [-0.2, 0) is 27.5 Å². The topological polar surface area (TPSA) is 97.0 Å². The minimum Gasteiger partial charge on any atom is -0.445 e. The van der Waals surface area contributed by atoms with Crippen molar-refractivity contribution in [1.82, 2.24) is 15.5 Å². The number of ether oxygens (including phenoxy) is 2. The molecule has 0 aromatic heterocycles. The Labute approximate surface area is 199 Å². The Morgan fingerprint density at radius 3 is 1.97 bits per heavy atom. The van der Waals surface area contributed by atoms with Gasteiger partial charge in [-0.15, -0.1) is 0 Å². The number of likely N-dealkylation sites (tertiary alicyclic amines) is 1. The molecule has 2 fully saturated rings. The first-order valence-electron chi connectivity index (χ1n) is 11.8. The number of nitrogens with one attached hydrogen (secondary N) is 2. The van der Waals surface area contributed by atoms with Crippen LogP contribution in [0.2, 0.25) is 0 Å². The Bertz CT molecular complexity index is 969. The van der Waals surface area contributed by atoms with E-state index in [2.05, 4.69) is 10.6 Å². The van der Waals surface area contributed by atoms with Crippen LogP contribution in [0.15, 0.2) is 60.7 Å². The van der Waals surface area contributed by atoms with Gasteiger partial charge in [0.2, 0.25) is 5.91 Å². The number of nitrogens with zero attached hydrogens (tertiary/aromatic N) is 1. The monoisotopic (exact) mass is 465 g/mol. The normalized spacial score (nSPS) is 22.2. The van der Waals surface area contributed by atoms with E-state index in [1.807, 2.05) is 60.7 Å². The molecule has 1 saturated heterocycles. The highest BCUT2D eigenvalue weighted by Gasteiger charge is 2.41. The summed E-state index contributed by atoms with van der Waals surface area (Å²) in [6, 6.07) is 18.0. The molecule has 8 heteroatoms. The van der Waals surface area contributed by atoms with Crippen LogP contribution in [-0.4, -0.2) is 47.7 Å². The highest BCUT2D eigenvalue weighted by atomic mass is 16.6. The van der Waals surface area contributed by atoms with Gasteiger partial charge in [0.15, 0.2) is 0 Å². The zero-order chi connectivity index (χ0) is 23.8. The standard InChI is InChI=1S/C26H31N3O5/c30-24-22(28-26(32)34-18-20-11-5-2-6-12-20)15-16-29(24)23-14-8-7-13-21(23)27-25(31)33-17-19-9-3-1-4-10-19/h1-6,9-12,21-23H,7-8,13-18H2,(H,27,31)(H,28,32)/t21-,22-,23+/m0/s1. The van der Waals surface area contributed by atoms with Crippen LogP contribution in [0.4, 0.5) is 9.59 Å². The van der Waals surface area contributed by atoms with Crippen molar-refractivity contribution >= 4 is 18.1 Å². The van der Waals surface area contributed by atoms with Crippen molar-refractivity contribution in [2.24, 2.45) is 0 Å². The van der Waals surface area contributed by atoms with E-state index in [0.717, 1.165) is 36.8 Å². The first-order chi connectivity index (χ1) is 16.6. The predicted octanol–water partition coefficient (Wildman–Crippen LogP) is 3.75. The summed E-state index contributed by atoms with van der Waals surface area (Å²) in [7, 11) is 0. The fourth-order valence-electron chi connectivity index (χ4n) is 4.64. The molecule has 0 unspecified atom stereocenters. The molecule has 180 valence electrons. The molecule has 34 heavy (non-hydrogen) atoms. The Morgan fingerprint density at radius 1 is 0.794 bits per heavy atom. The molecule has 2 N–H and O–H groups in total. The molecule has 3 atom stereocenters. The van der Waals surface area contributed by atoms with Gasteiger partial charge in [-0.1, -0.05) is 73.5 Å². The molecule has 2 aliphatic rings. The van der Waals surface area contributed by atoms with Gasteiger partial charge in [0.05, 0.1) is 12.1 Å². The van der Waals surface area contributed by atoms with E-state index in [1.165, 1.54) is 0 Å². The SMILES string of the molecule is O=C(N[C@H]1CCN([C@@H]2CCCC[C@@H]2NC(=O)OCc2ccccc2)C1=O)OCc1ccccc1. The van der Waals surface area contributed by atoms with Crippen LogP contribution in [0.3, 0.4) is 0 Å². The van der Waals surface area contributed by atoms with Crippen LogP contribution >= 0.6 is 0 Å². The fraction of sp³-hybridized carbons (Fsp3) is 0.423. The molecule has 0 bridgehead atoms. The lowest BCUT2D eigenvalue weighted by Crippen LogP contribution is -2.55. The summed E-state index contributed by atoms with van der Waals surface area (Å²) in [5.41, 5.74) is 1.80. The molecule has 3 amide bonds. The van der Waals surface area contributed by atoms with E-state index in [0.29, 0.717) is 13.0 Å². The van der Waals surface area contributed by atoms with Gasteiger partial charge in [0.1, 0.15) is 19.3 Å². The van der Waals surface area contributed by atoms with Crippen molar-refractivity contribution in [3.63, 3.8) is 0 Å². The molecule has 1 aliphatic heterocycles. The molecule has 0 spiro atoms. The second-order valence-electron chi connectivity index (χ2n) is 8.74. The molecular formula is C26H31N3O5. The van der Waals surface area contributed by atoms with Gasteiger partial charge in [0.25, 0.3) is 0 Å². The summed E-state index contributed by atoms with van der Waals surface area (Å²) in [5, 5.41) is 5.66. The van der Waals surface area contributed by atoms with E-state index in [9.17, 15) is 14.4 Å². The third kappa shape index (κ3) is 6.27. The van der Waals surface area contributed by atoms with Gasteiger partial charge < -0.3 is 25.0 Å². The highest BCUT2D eigenvalue weighted by Crippen LogP contribution is 2.27. The van der Waals surface area contributed by atoms with Crippen molar-refractivity contribution in [2.75, 3.05) is 6.54 Å². The largest absolute Gasteiger partial charge is 0.445 e. The predicted molar refractivity (Wildman–Crippen MR) is 126 cm³/mol. The third-order valence-corrected chi connectivity index (χ3v) is 6.39. The van der Waals surface area contributed by atoms with Crippen LogP contribution in [0.1, 0.15) is 43.2 Å².